The van der Waals surface area contributed by atoms with Crippen molar-refractivity contribution in [3.8, 4) is 23.3 Å². The van der Waals surface area contributed by atoms with Crippen LogP contribution in [-0.2, 0) is 11.3 Å². The van der Waals surface area contributed by atoms with Crippen LogP contribution in [0.15, 0.2) is 36.4 Å². The third-order valence-corrected chi connectivity index (χ3v) is 5.22. The van der Waals surface area contributed by atoms with Gasteiger partial charge in [-0.3, -0.25) is 14.9 Å². The number of anilines is 1. The second-order valence-electron chi connectivity index (χ2n) is 7.55. The van der Waals surface area contributed by atoms with E-state index in [0.29, 0.717) is 16.9 Å². The molecular formula is C22H17F3N4O5. The lowest BCUT2D eigenvalue weighted by Crippen LogP contribution is -2.54. The van der Waals surface area contributed by atoms with Crippen LogP contribution in [0.1, 0.15) is 21.5 Å². The minimum atomic E-state index is -4.96. The molecular weight excluding hydrogens is 457 g/mol. The van der Waals surface area contributed by atoms with Gasteiger partial charge in [0.05, 0.1) is 19.3 Å². The lowest BCUT2D eigenvalue weighted by Gasteiger charge is -2.26. The van der Waals surface area contributed by atoms with Crippen molar-refractivity contribution in [1.29, 1.82) is 0 Å². The number of urea groups is 1. The molecule has 0 aliphatic carbocycles. The molecule has 1 fully saturated rings. The number of nitrogen functional groups attached to an aromatic ring is 1. The van der Waals surface area contributed by atoms with Gasteiger partial charge in [0, 0.05) is 17.7 Å². The number of hydrogen-bond donors (Lipinski definition) is 3. The zero-order chi connectivity index (χ0) is 24.7. The van der Waals surface area contributed by atoms with Crippen LogP contribution in [-0.4, -0.2) is 48.3 Å². The standard InChI is InChI=1S/C22H17F3N4O5/c1-33-14-4-3-13-10-29(18(30)15(13)9-14)11-21(19(31)27-20(32)28-21)7-6-12-2-5-16(26)17(8-12)34-22(23,24)25/h2-5,8-9H,10-11,26H2,1H3,(H2,27,28,31,32). The number of nitrogens with two attached hydrogens (primary N) is 1. The number of carbonyl (C=O) groups excluding carboxylic acids is 3. The number of fused-ring (bicyclic) bond motifs is 1. The van der Waals surface area contributed by atoms with Crippen molar-refractivity contribution in [3.63, 3.8) is 0 Å². The molecule has 2 heterocycles. The van der Waals surface area contributed by atoms with Crippen molar-refractivity contribution in [3.05, 3.63) is 53.1 Å². The molecule has 2 aromatic rings. The van der Waals surface area contributed by atoms with Gasteiger partial charge in [0.15, 0.2) is 5.75 Å². The fraction of sp³-hybridized carbons (Fsp3) is 0.227. The second kappa shape index (κ2) is 8.18. The predicted molar refractivity (Wildman–Crippen MR) is 112 cm³/mol. The third-order valence-electron chi connectivity index (χ3n) is 5.22. The Morgan fingerprint density at radius 2 is 1.94 bits per heavy atom. The number of nitrogens with one attached hydrogen (secondary N) is 2. The SMILES string of the molecule is COc1ccc2c(c1)C(=O)N(CC1(C#Cc3ccc(N)c(OC(F)(F)F)c3)NC(=O)NC1=O)C2. The van der Waals surface area contributed by atoms with Crippen LogP contribution in [0.5, 0.6) is 11.5 Å². The summed E-state index contributed by atoms with van der Waals surface area (Å²) < 4.78 is 46.8. The summed E-state index contributed by atoms with van der Waals surface area (Å²) in [5.41, 5.74) is 4.56. The van der Waals surface area contributed by atoms with Crippen LogP contribution in [0.3, 0.4) is 0 Å². The van der Waals surface area contributed by atoms with Crippen LogP contribution >= 0.6 is 0 Å². The molecule has 0 bridgehead atoms. The Morgan fingerprint density at radius 1 is 1.18 bits per heavy atom. The highest BCUT2D eigenvalue weighted by Crippen LogP contribution is 2.30. The molecule has 2 aliphatic rings. The maximum absolute atomic E-state index is 12.9. The van der Waals surface area contributed by atoms with E-state index in [1.807, 2.05) is 0 Å². The molecule has 0 spiro atoms. The Labute approximate surface area is 191 Å². The third kappa shape index (κ3) is 4.40. The number of rotatable bonds is 4. The lowest BCUT2D eigenvalue weighted by molar-refractivity contribution is -0.274. The smallest absolute Gasteiger partial charge is 0.497 e. The van der Waals surface area contributed by atoms with Crippen LogP contribution in [0, 0.1) is 11.8 Å². The van der Waals surface area contributed by atoms with Crippen molar-refractivity contribution in [2.24, 2.45) is 0 Å². The van der Waals surface area contributed by atoms with E-state index in [1.54, 1.807) is 18.2 Å². The number of ether oxygens (including phenoxy) is 2. The molecule has 4 rings (SSSR count). The van der Waals surface area contributed by atoms with Crippen molar-refractivity contribution >= 4 is 23.5 Å². The van der Waals surface area contributed by atoms with Gasteiger partial charge in [-0.2, -0.15) is 0 Å². The molecule has 2 aromatic carbocycles. The summed E-state index contributed by atoms with van der Waals surface area (Å²) in [6.45, 7) is -0.134. The summed E-state index contributed by atoms with van der Waals surface area (Å²) in [4.78, 5) is 38.8. The molecule has 1 saturated heterocycles. The minimum Gasteiger partial charge on any atom is -0.497 e. The molecule has 4 N–H and O–H groups in total. The summed E-state index contributed by atoms with van der Waals surface area (Å²) in [6, 6.07) is 7.62. The molecule has 1 atom stereocenters. The van der Waals surface area contributed by atoms with E-state index in [4.69, 9.17) is 10.5 Å². The zero-order valence-electron chi connectivity index (χ0n) is 17.6. The summed E-state index contributed by atoms with van der Waals surface area (Å²) in [6.07, 6.45) is -4.96. The van der Waals surface area contributed by atoms with Gasteiger partial charge < -0.3 is 25.4 Å². The van der Waals surface area contributed by atoms with Gasteiger partial charge in [-0.15, -0.1) is 13.2 Å². The molecule has 9 nitrogen and oxygen atoms in total. The summed E-state index contributed by atoms with van der Waals surface area (Å²) in [5.74, 6) is 3.81. The maximum atomic E-state index is 12.9. The number of carbonyl (C=O) groups is 3. The number of imide groups is 1. The molecule has 176 valence electrons. The van der Waals surface area contributed by atoms with Crippen molar-refractivity contribution in [2.45, 2.75) is 18.4 Å². The Bertz CT molecular complexity index is 1270. The number of amides is 4. The van der Waals surface area contributed by atoms with Crippen LogP contribution < -0.4 is 25.8 Å². The fourth-order valence-electron chi connectivity index (χ4n) is 3.62. The average molecular weight is 474 g/mol. The largest absolute Gasteiger partial charge is 0.573 e. The van der Waals surface area contributed by atoms with Crippen LogP contribution in [0.4, 0.5) is 23.7 Å². The molecule has 4 amide bonds. The van der Waals surface area contributed by atoms with Gasteiger partial charge >= 0.3 is 12.4 Å². The molecule has 2 aliphatic heterocycles. The van der Waals surface area contributed by atoms with E-state index in [1.165, 1.54) is 24.1 Å². The highest BCUT2D eigenvalue weighted by atomic mass is 19.4. The highest BCUT2D eigenvalue weighted by molar-refractivity contribution is 6.10. The first kappa shape index (κ1) is 22.8. The van der Waals surface area contributed by atoms with E-state index in [9.17, 15) is 27.6 Å². The zero-order valence-corrected chi connectivity index (χ0v) is 17.6. The van der Waals surface area contributed by atoms with Crippen LogP contribution in [0.25, 0.3) is 0 Å². The second-order valence-corrected chi connectivity index (χ2v) is 7.55. The predicted octanol–water partition coefficient (Wildman–Crippen LogP) is 1.76. The van der Waals surface area contributed by atoms with Gasteiger partial charge in [-0.25, -0.2) is 4.79 Å². The first-order chi connectivity index (χ1) is 16.0. The molecule has 0 aromatic heterocycles. The number of alkyl halides is 3. The van der Waals surface area contributed by atoms with Crippen molar-refractivity contribution < 1.29 is 37.0 Å². The Morgan fingerprint density at radius 3 is 2.59 bits per heavy atom. The summed E-state index contributed by atoms with van der Waals surface area (Å²) in [7, 11) is 1.46. The monoisotopic (exact) mass is 474 g/mol. The van der Waals surface area contributed by atoms with Gasteiger partial charge in [-0.1, -0.05) is 17.9 Å². The molecule has 1 unspecified atom stereocenters. The minimum absolute atomic E-state index is 0.0440. The van der Waals surface area contributed by atoms with E-state index in [-0.39, 0.29) is 24.3 Å². The quantitative estimate of drug-likeness (QED) is 0.353. The normalized spacial score (nSPS) is 19.2. The summed E-state index contributed by atoms with van der Waals surface area (Å²) in [5, 5.41) is 4.50. The van der Waals surface area contributed by atoms with E-state index in [2.05, 4.69) is 27.2 Å². The molecule has 0 radical (unpaired) electrons. The number of nitrogens with zero attached hydrogens (tertiary/aromatic N) is 1. The molecule has 12 heteroatoms. The average Bonchev–Trinajstić information content (AvgIpc) is 3.22. The number of methoxy groups -OCH3 is 1. The van der Waals surface area contributed by atoms with Gasteiger partial charge in [0.1, 0.15) is 5.75 Å². The first-order valence-corrected chi connectivity index (χ1v) is 9.78. The number of halogens is 3. The van der Waals surface area contributed by atoms with Gasteiger partial charge in [0.2, 0.25) is 5.54 Å². The number of benzene rings is 2. The number of hydrogen-bond acceptors (Lipinski definition) is 6. The molecule has 34 heavy (non-hydrogen) atoms. The summed E-state index contributed by atoms with van der Waals surface area (Å²) >= 11 is 0. The van der Waals surface area contributed by atoms with Crippen molar-refractivity contribution in [2.75, 3.05) is 19.4 Å². The van der Waals surface area contributed by atoms with Gasteiger partial charge in [0.25, 0.3) is 11.8 Å². The topological polar surface area (TPSA) is 123 Å². The van der Waals surface area contributed by atoms with E-state index >= 15 is 0 Å². The Hall–Kier alpha value is -4.40. The Kier molecular flexibility index (Phi) is 5.48. The fourth-order valence-corrected chi connectivity index (χ4v) is 3.62. The van der Waals surface area contributed by atoms with Crippen LogP contribution in [0.2, 0.25) is 0 Å². The van der Waals surface area contributed by atoms with E-state index in [0.717, 1.165) is 6.07 Å². The lowest BCUT2D eigenvalue weighted by atomic mass is 9.99. The van der Waals surface area contributed by atoms with Crippen molar-refractivity contribution in [1.82, 2.24) is 15.5 Å². The maximum Gasteiger partial charge on any atom is 0.573 e. The van der Waals surface area contributed by atoms with E-state index < -0.39 is 35.5 Å². The highest BCUT2D eigenvalue weighted by Gasteiger charge is 2.48. The molecule has 0 saturated carbocycles. The Balaban J connectivity index is 1.64. The first-order valence-electron chi connectivity index (χ1n) is 9.78. The van der Waals surface area contributed by atoms with Gasteiger partial charge in [-0.05, 0) is 35.9 Å².